The number of carbonyl (C=O) groups is 1. The Morgan fingerprint density at radius 3 is 2.83 bits per heavy atom. The maximum Gasteiger partial charge on any atom is 0.253 e. The fraction of sp³-hybridized carbons (Fsp3) is 0.294. The Balaban J connectivity index is 1.58. The Hall–Kier alpha value is -2.94. The molecule has 1 aromatic heterocycles. The molecule has 2 heterocycles. The van der Waals surface area contributed by atoms with Crippen molar-refractivity contribution in [1.82, 2.24) is 14.9 Å². The van der Waals surface area contributed by atoms with Gasteiger partial charge in [-0.15, -0.1) is 0 Å². The van der Waals surface area contributed by atoms with E-state index in [0.29, 0.717) is 30.1 Å². The summed E-state index contributed by atoms with van der Waals surface area (Å²) in [4.78, 5) is 22.2. The van der Waals surface area contributed by atoms with E-state index in [4.69, 9.17) is 10.00 Å². The highest BCUT2D eigenvalue weighted by atomic mass is 16.5. The molecule has 1 saturated heterocycles. The maximum atomic E-state index is 12.5. The minimum atomic E-state index is -0.0393. The van der Waals surface area contributed by atoms with Crippen LogP contribution >= 0.6 is 0 Å². The molecule has 0 N–H and O–H groups in total. The van der Waals surface area contributed by atoms with Crippen LogP contribution < -0.4 is 4.74 Å². The van der Waals surface area contributed by atoms with Gasteiger partial charge in [0.05, 0.1) is 11.6 Å². The molecule has 0 unspecified atom stereocenters. The fourth-order valence-corrected chi connectivity index (χ4v) is 2.60. The van der Waals surface area contributed by atoms with Crippen molar-refractivity contribution in [3.8, 4) is 11.9 Å². The van der Waals surface area contributed by atoms with Gasteiger partial charge in [-0.05, 0) is 18.2 Å². The Kier molecular flexibility index (Phi) is 4.48. The number of likely N-dealkylation sites (tertiary alicyclic amines) is 1. The third-order valence-corrected chi connectivity index (χ3v) is 3.81. The van der Waals surface area contributed by atoms with Gasteiger partial charge >= 0.3 is 0 Å². The minimum Gasteiger partial charge on any atom is -0.474 e. The average Bonchev–Trinajstić information content (AvgIpc) is 2.63. The van der Waals surface area contributed by atoms with Gasteiger partial charge in [0.15, 0.2) is 0 Å². The third kappa shape index (κ3) is 3.64. The molecule has 6 heteroatoms. The molecule has 1 aliphatic heterocycles. The Morgan fingerprint density at radius 1 is 1.30 bits per heavy atom. The first kappa shape index (κ1) is 15.0. The van der Waals surface area contributed by atoms with Crippen LogP contribution in [-0.2, 0) is 0 Å². The van der Waals surface area contributed by atoms with Crippen LogP contribution in [0.4, 0.5) is 0 Å². The molecule has 0 saturated carbocycles. The average molecular weight is 308 g/mol. The topological polar surface area (TPSA) is 79.1 Å². The summed E-state index contributed by atoms with van der Waals surface area (Å²) in [5.74, 6) is 0.522. The number of amides is 1. The Labute approximate surface area is 134 Å². The lowest BCUT2D eigenvalue weighted by Crippen LogP contribution is -2.41. The summed E-state index contributed by atoms with van der Waals surface area (Å²) in [6, 6.07) is 10.6. The zero-order valence-electron chi connectivity index (χ0n) is 12.6. The number of ether oxygens (including phenoxy) is 1. The highest BCUT2D eigenvalue weighted by Crippen LogP contribution is 2.18. The summed E-state index contributed by atoms with van der Waals surface area (Å²) in [6.07, 6.45) is 4.67. The summed E-state index contributed by atoms with van der Waals surface area (Å²) in [5.41, 5.74) is 1.05. The van der Waals surface area contributed by atoms with Crippen LogP contribution in [0, 0.1) is 11.3 Å². The van der Waals surface area contributed by atoms with E-state index >= 15 is 0 Å². The first-order valence-electron chi connectivity index (χ1n) is 7.48. The van der Waals surface area contributed by atoms with E-state index in [1.807, 2.05) is 0 Å². The summed E-state index contributed by atoms with van der Waals surface area (Å²) >= 11 is 0. The lowest BCUT2D eigenvalue weighted by atomic mass is 10.1. The van der Waals surface area contributed by atoms with Crippen molar-refractivity contribution >= 4 is 5.91 Å². The monoisotopic (exact) mass is 308 g/mol. The summed E-state index contributed by atoms with van der Waals surface area (Å²) in [5, 5.41) is 8.93. The van der Waals surface area contributed by atoms with Gasteiger partial charge in [-0.2, -0.15) is 5.26 Å². The fourth-order valence-electron chi connectivity index (χ4n) is 2.60. The molecule has 0 aliphatic carbocycles. The van der Waals surface area contributed by atoms with E-state index in [2.05, 4.69) is 16.0 Å². The van der Waals surface area contributed by atoms with E-state index in [1.54, 1.807) is 41.4 Å². The lowest BCUT2D eigenvalue weighted by molar-refractivity contribution is 0.0587. The predicted molar refractivity (Wildman–Crippen MR) is 82.7 cm³/mol. The zero-order valence-corrected chi connectivity index (χ0v) is 12.6. The molecule has 0 radical (unpaired) electrons. The Morgan fingerprint density at radius 2 is 2.13 bits per heavy atom. The predicted octanol–water partition coefficient (Wildman–Crippen LogP) is 2.03. The van der Waals surface area contributed by atoms with Crippen LogP contribution in [0.5, 0.6) is 5.88 Å². The minimum absolute atomic E-state index is 0.0393. The van der Waals surface area contributed by atoms with Crippen molar-refractivity contribution in [3.63, 3.8) is 0 Å². The number of rotatable bonds is 3. The molecule has 1 fully saturated rings. The molecule has 0 spiro atoms. The van der Waals surface area contributed by atoms with E-state index in [-0.39, 0.29) is 12.0 Å². The molecule has 6 nitrogen and oxygen atoms in total. The smallest absolute Gasteiger partial charge is 0.253 e. The summed E-state index contributed by atoms with van der Waals surface area (Å²) in [7, 11) is 0. The quantitative estimate of drug-likeness (QED) is 0.867. The first-order valence-corrected chi connectivity index (χ1v) is 7.48. The van der Waals surface area contributed by atoms with E-state index in [1.165, 1.54) is 6.33 Å². The van der Waals surface area contributed by atoms with Crippen LogP contribution in [0.15, 0.2) is 42.9 Å². The molecular formula is C17H16N4O2. The number of carbonyl (C=O) groups excluding carboxylic acids is 1. The second kappa shape index (κ2) is 6.88. The second-order valence-corrected chi connectivity index (χ2v) is 5.35. The van der Waals surface area contributed by atoms with Crippen LogP contribution in [0.3, 0.4) is 0 Å². The van der Waals surface area contributed by atoms with Gasteiger partial charge in [-0.3, -0.25) is 4.79 Å². The van der Waals surface area contributed by atoms with Crippen molar-refractivity contribution in [1.29, 1.82) is 5.26 Å². The third-order valence-electron chi connectivity index (χ3n) is 3.81. The SMILES string of the molecule is N#Cc1cccc(C(=O)N2CCC(Oc3ccncn3)CC2)c1. The van der Waals surface area contributed by atoms with Crippen LogP contribution in [0.2, 0.25) is 0 Å². The van der Waals surface area contributed by atoms with Gasteiger partial charge < -0.3 is 9.64 Å². The van der Waals surface area contributed by atoms with Gasteiger partial charge in [0.2, 0.25) is 5.88 Å². The molecule has 116 valence electrons. The number of nitrogens with zero attached hydrogens (tertiary/aromatic N) is 4. The van der Waals surface area contributed by atoms with Crippen molar-refractivity contribution in [2.75, 3.05) is 13.1 Å². The summed E-state index contributed by atoms with van der Waals surface area (Å²) in [6.45, 7) is 1.26. The molecule has 1 aromatic carbocycles. The molecule has 0 bridgehead atoms. The van der Waals surface area contributed by atoms with Crippen molar-refractivity contribution in [2.24, 2.45) is 0 Å². The molecule has 23 heavy (non-hydrogen) atoms. The highest BCUT2D eigenvalue weighted by molar-refractivity contribution is 5.94. The molecular weight excluding hydrogens is 292 g/mol. The largest absolute Gasteiger partial charge is 0.474 e. The highest BCUT2D eigenvalue weighted by Gasteiger charge is 2.25. The van der Waals surface area contributed by atoms with Crippen LogP contribution in [0.1, 0.15) is 28.8 Å². The summed E-state index contributed by atoms with van der Waals surface area (Å²) < 4.78 is 5.79. The second-order valence-electron chi connectivity index (χ2n) is 5.35. The number of nitriles is 1. The van der Waals surface area contributed by atoms with Crippen molar-refractivity contribution < 1.29 is 9.53 Å². The molecule has 0 atom stereocenters. The van der Waals surface area contributed by atoms with Crippen LogP contribution in [-0.4, -0.2) is 40.0 Å². The standard InChI is InChI=1S/C17H16N4O2/c18-11-13-2-1-3-14(10-13)17(22)21-8-5-15(6-9-21)23-16-4-7-19-12-20-16/h1-4,7,10,12,15H,5-6,8-9H2. The molecule has 1 amide bonds. The van der Waals surface area contributed by atoms with E-state index in [9.17, 15) is 4.79 Å². The van der Waals surface area contributed by atoms with Gasteiger partial charge in [0, 0.05) is 43.8 Å². The Bertz CT molecular complexity index is 719. The molecule has 3 rings (SSSR count). The van der Waals surface area contributed by atoms with Crippen molar-refractivity contribution in [3.05, 3.63) is 54.0 Å². The number of benzene rings is 1. The van der Waals surface area contributed by atoms with Crippen LogP contribution in [0.25, 0.3) is 0 Å². The van der Waals surface area contributed by atoms with Gasteiger partial charge in [0.25, 0.3) is 5.91 Å². The van der Waals surface area contributed by atoms with E-state index in [0.717, 1.165) is 12.8 Å². The van der Waals surface area contributed by atoms with Crippen molar-refractivity contribution in [2.45, 2.75) is 18.9 Å². The normalized spacial score (nSPS) is 15.0. The number of aromatic nitrogens is 2. The first-order chi connectivity index (χ1) is 11.3. The zero-order chi connectivity index (χ0) is 16.1. The van der Waals surface area contributed by atoms with Gasteiger partial charge in [0.1, 0.15) is 12.4 Å². The lowest BCUT2D eigenvalue weighted by Gasteiger charge is -2.32. The molecule has 1 aliphatic rings. The van der Waals surface area contributed by atoms with E-state index < -0.39 is 0 Å². The van der Waals surface area contributed by atoms with Gasteiger partial charge in [-0.1, -0.05) is 6.07 Å². The number of hydrogen-bond acceptors (Lipinski definition) is 5. The number of hydrogen-bond donors (Lipinski definition) is 0. The van der Waals surface area contributed by atoms with Gasteiger partial charge in [-0.25, -0.2) is 9.97 Å². The number of piperidine rings is 1. The molecule has 2 aromatic rings. The maximum absolute atomic E-state index is 12.5.